The van der Waals surface area contributed by atoms with Crippen molar-refractivity contribution in [3.8, 4) is 0 Å². The molecule has 1 aliphatic rings. The fourth-order valence-electron chi connectivity index (χ4n) is 2.22. The predicted octanol–water partition coefficient (Wildman–Crippen LogP) is 1.35. The summed E-state index contributed by atoms with van der Waals surface area (Å²) in [5, 5.41) is 3.29. The molecule has 2 rings (SSSR count). The van der Waals surface area contributed by atoms with Crippen LogP contribution in [0.2, 0.25) is 0 Å². The summed E-state index contributed by atoms with van der Waals surface area (Å²) in [7, 11) is 0. The first-order chi connectivity index (χ1) is 8.27. The van der Waals surface area contributed by atoms with Crippen LogP contribution in [-0.4, -0.2) is 40.5 Å². The zero-order chi connectivity index (χ0) is 12.1. The molecule has 0 bridgehead atoms. The normalized spacial score (nSPS) is 18.9. The molecule has 94 valence electrons. The topological polar surface area (TPSA) is 67.1 Å². The van der Waals surface area contributed by atoms with E-state index >= 15 is 0 Å². The van der Waals surface area contributed by atoms with Crippen molar-refractivity contribution in [1.82, 2.24) is 14.9 Å². The third-order valence-electron chi connectivity index (χ3n) is 3.32. The van der Waals surface area contributed by atoms with Crippen LogP contribution < -0.4 is 11.1 Å². The third-order valence-corrected chi connectivity index (χ3v) is 3.32. The van der Waals surface area contributed by atoms with E-state index < -0.39 is 0 Å². The molecule has 2 heterocycles. The summed E-state index contributed by atoms with van der Waals surface area (Å²) >= 11 is 0. The van der Waals surface area contributed by atoms with Crippen LogP contribution in [0.4, 0.5) is 11.5 Å². The van der Waals surface area contributed by atoms with Gasteiger partial charge in [0.2, 0.25) is 0 Å². The molecular weight excluding hydrogens is 214 g/mol. The number of nitrogen functional groups attached to an aromatic ring is 1. The van der Waals surface area contributed by atoms with Crippen molar-refractivity contribution >= 4 is 11.5 Å². The molecule has 5 nitrogen and oxygen atoms in total. The number of aromatic nitrogens is 2. The van der Waals surface area contributed by atoms with Crippen molar-refractivity contribution in [2.45, 2.75) is 32.2 Å². The first kappa shape index (κ1) is 12.1. The van der Waals surface area contributed by atoms with Crippen LogP contribution in [-0.2, 0) is 0 Å². The summed E-state index contributed by atoms with van der Waals surface area (Å²) in [5.74, 6) is 0.740. The summed E-state index contributed by atoms with van der Waals surface area (Å²) in [6, 6.07) is 0.518. The van der Waals surface area contributed by atoms with Gasteiger partial charge in [0.15, 0.2) is 5.82 Å². The number of nitrogens with zero attached hydrogens (tertiary/aromatic N) is 3. The molecule has 5 heteroatoms. The first-order valence-electron chi connectivity index (χ1n) is 6.31. The number of anilines is 2. The Morgan fingerprint density at radius 3 is 2.88 bits per heavy atom. The summed E-state index contributed by atoms with van der Waals surface area (Å²) in [4.78, 5) is 10.5. The molecule has 1 aliphatic heterocycles. The van der Waals surface area contributed by atoms with Gasteiger partial charge in [-0.3, -0.25) is 4.90 Å². The van der Waals surface area contributed by atoms with Crippen LogP contribution in [0.25, 0.3) is 0 Å². The average molecular weight is 235 g/mol. The minimum atomic E-state index is 0.518. The van der Waals surface area contributed by atoms with Gasteiger partial charge in [-0.05, 0) is 32.9 Å². The van der Waals surface area contributed by atoms with Crippen LogP contribution in [0.3, 0.4) is 0 Å². The van der Waals surface area contributed by atoms with E-state index in [-0.39, 0.29) is 0 Å². The average Bonchev–Trinajstić information content (AvgIpc) is 2.38. The van der Waals surface area contributed by atoms with E-state index in [0.29, 0.717) is 11.7 Å². The highest BCUT2D eigenvalue weighted by molar-refractivity contribution is 5.58. The van der Waals surface area contributed by atoms with E-state index in [1.165, 1.54) is 38.7 Å². The largest absolute Gasteiger partial charge is 0.394 e. The van der Waals surface area contributed by atoms with Crippen molar-refractivity contribution in [2.24, 2.45) is 0 Å². The van der Waals surface area contributed by atoms with Crippen molar-refractivity contribution in [2.75, 3.05) is 30.7 Å². The first-order valence-corrected chi connectivity index (χ1v) is 6.31. The van der Waals surface area contributed by atoms with Crippen LogP contribution in [0, 0.1) is 0 Å². The lowest BCUT2D eigenvalue weighted by molar-refractivity contribution is 0.180. The maximum Gasteiger partial charge on any atom is 0.152 e. The standard InChI is InChI=1S/C12H21N5/c1-10(17-5-3-2-4-6-17)7-15-12-11(13)8-14-9-16-12/h8-10H,2-7,13H2,1H3,(H,14,15,16). The molecule has 3 N–H and O–H groups in total. The van der Waals surface area contributed by atoms with Crippen molar-refractivity contribution < 1.29 is 0 Å². The molecule has 17 heavy (non-hydrogen) atoms. The van der Waals surface area contributed by atoms with Crippen LogP contribution >= 0.6 is 0 Å². The molecule has 0 radical (unpaired) electrons. The van der Waals surface area contributed by atoms with Gasteiger partial charge in [-0.1, -0.05) is 6.42 Å². The van der Waals surface area contributed by atoms with E-state index in [9.17, 15) is 0 Å². The Bertz CT molecular complexity index is 349. The molecule has 0 aliphatic carbocycles. The molecule has 0 spiro atoms. The van der Waals surface area contributed by atoms with E-state index in [4.69, 9.17) is 5.73 Å². The summed E-state index contributed by atoms with van der Waals surface area (Å²) in [6.07, 6.45) is 7.15. The molecule has 0 saturated carbocycles. The van der Waals surface area contributed by atoms with Gasteiger partial charge >= 0.3 is 0 Å². The smallest absolute Gasteiger partial charge is 0.152 e. The Balaban J connectivity index is 1.83. The molecule has 1 saturated heterocycles. The Morgan fingerprint density at radius 1 is 1.41 bits per heavy atom. The number of likely N-dealkylation sites (tertiary alicyclic amines) is 1. The number of rotatable bonds is 4. The highest BCUT2D eigenvalue weighted by Gasteiger charge is 2.16. The van der Waals surface area contributed by atoms with Gasteiger partial charge in [-0.2, -0.15) is 0 Å². The van der Waals surface area contributed by atoms with Crippen molar-refractivity contribution in [1.29, 1.82) is 0 Å². The van der Waals surface area contributed by atoms with Gasteiger partial charge in [-0.15, -0.1) is 0 Å². The van der Waals surface area contributed by atoms with Gasteiger partial charge in [0.25, 0.3) is 0 Å². The fourth-order valence-corrected chi connectivity index (χ4v) is 2.22. The van der Waals surface area contributed by atoms with Crippen molar-refractivity contribution in [3.63, 3.8) is 0 Å². The van der Waals surface area contributed by atoms with Gasteiger partial charge in [0, 0.05) is 12.6 Å². The summed E-state index contributed by atoms with van der Waals surface area (Å²) in [5.41, 5.74) is 6.39. The van der Waals surface area contributed by atoms with Gasteiger partial charge in [-0.25, -0.2) is 9.97 Å². The van der Waals surface area contributed by atoms with Gasteiger partial charge in [0.1, 0.15) is 6.33 Å². The molecule has 1 fully saturated rings. The molecule has 1 aromatic heterocycles. The molecule has 1 aromatic rings. The Kier molecular flexibility index (Phi) is 4.14. The predicted molar refractivity (Wildman–Crippen MR) is 69.8 cm³/mol. The number of hydrogen-bond acceptors (Lipinski definition) is 5. The lowest BCUT2D eigenvalue weighted by Gasteiger charge is -2.32. The zero-order valence-electron chi connectivity index (χ0n) is 10.4. The van der Waals surface area contributed by atoms with E-state index in [1.54, 1.807) is 6.20 Å². The lowest BCUT2D eigenvalue weighted by Crippen LogP contribution is -2.41. The van der Waals surface area contributed by atoms with E-state index in [2.05, 4.69) is 27.1 Å². The molecule has 1 unspecified atom stereocenters. The second kappa shape index (κ2) is 5.82. The number of nitrogens with two attached hydrogens (primary N) is 1. The summed E-state index contributed by atoms with van der Waals surface area (Å²) < 4.78 is 0. The molecular formula is C12H21N5. The SMILES string of the molecule is CC(CNc1ncncc1N)N1CCCCC1. The highest BCUT2D eigenvalue weighted by atomic mass is 15.2. The zero-order valence-corrected chi connectivity index (χ0v) is 10.4. The number of hydrogen-bond donors (Lipinski definition) is 2. The monoisotopic (exact) mass is 235 g/mol. The molecule has 0 aromatic carbocycles. The maximum absolute atomic E-state index is 5.78. The Labute approximate surface area is 102 Å². The minimum absolute atomic E-state index is 0.518. The Morgan fingerprint density at radius 2 is 2.18 bits per heavy atom. The van der Waals surface area contributed by atoms with Gasteiger partial charge < -0.3 is 11.1 Å². The summed E-state index contributed by atoms with van der Waals surface area (Å²) in [6.45, 7) is 5.54. The quantitative estimate of drug-likeness (QED) is 0.824. The lowest BCUT2D eigenvalue weighted by atomic mass is 10.1. The third kappa shape index (κ3) is 3.30. The fraction of sp³-hybridized carbons (Fsp3) is 0.667. The second-order valence-electron chi connectivity index (χ2n) is 4.65. The molecule has 1 atom stereocenters. The van der Waals surface area contributed by atoms with Crippen LogP contribution in [0.1, 0.15) is 26.2 Å². The highest BCUT2D eigenvalue weighted by Crippen LogP contribution is 2.14. The number of piperidine rings is 1. The number of nitrogens with one attached hydrogen (secondary N) is 1. The molecule has 0 amide bonds. The van der Waals surface area contributed by atoms with E-state index in [0.717, 1.165) is 12.4 Å². The van der Waals surface area contributed by atoms with Crippen LogP contribution in [0.15, 0.2) is 12.5 Å². The van der Waals surface area contributed by atoms with Crippen LogP contribution in [0.5, 0.6) is 0 Å². The van der Waals surface area contributed by atoms with Gasteiger partial charge in [0.05, 0.1) is 11.9 Å². The minimum Gasteiger partial charge on any atom is -0.394 e. The van der Waals surface area contributed by atoms with E-state index in [1.807, 2.05) is 0 Å². The second-order valence-corrected chi connectivity index (χ2v) is 4.65. The maximum atomic E-state index is 5.78. The Hall–Kier alpha value is -1.36. The van der Waals surface area contributed by atoms with Crippen molar-refractivity contribution in [3.05, 3.63) is 12.5 Å².